The summed E-state index contributed by atoms with van der Waals surface area (Å²) in [5, 5.41) is 17.1. The van der Waals surface area contributed by atoms with Crippen LogP contribution in [0.15, 0.2) is 60.7 Å². The van der Waals surface area contributed by atoms with Crippen molar-refractivity contribution in [2.45, 2.75) is 6.92 Å². The van der Waals surface area contributed by atoms with Crippen LogP contribution in [0.4, 0.5) is 0 Å². The third kappa shape index (κ3) is 4.66. The van der Waals surface area contributed by atoms with Crippen LogP contribution in [0.5, 0.6) is 0 Å². The quantitative estimate of drug-likeness (QED) is 0.396. The first-order chi connectivity index (χ1) is 16.8. The fourth-order valence-electron chi connectivity index (χ4n) is 3.79. The summed E-state index contributed by atoms with van der Waals surface area (Å²) in [6.45, 7) is 1.69. The number of methoxy groups -OCH3 is 1. The van der Waals surface area contributed by atoms with Gasteiger partial charge in [0, 0.05) is 23.1 Å². The van der Waals surface area contributed by atoms with Gasteiger partial charge in [0.1, 0.15) is 5.69 Å². The molecule has 0 fully saturated rings. The van der Waals surface area contributed by atoms with E-state index in [0.29, 0.717) is 49.4 Å². The van der Waals surface area contributed by atoms with Gasteiger partial charge in [0.2, 0.25) is 0 Å². The summed E-state index contributed by atoms with van der Waals surface area (Å²) in [4.78, 5) is 37.9. The van der Waals surface area contributed by atoms with Crippen molar-refractivity contribution < 1.29 is 24.2 Å². The maximum Gasteiger partial charge on any atom is 0.337 e. The van der Waals surface area contributed by atoms with Crippen LogP contribution < -0.4 is 5.32 Å². The van der Waals surface area contributed by atoms with Crippen molar-refractivity contribution >= 4 is 40.3 Å². The van der Waals surface area contributed by atoms with Crippen LogP contribution in [-0.4, -0.2) is 52.9 Å². The molecule has 0 spiro atoms. The first-order valence-corrected chi connectivity index (χ1v) is 11.1. The Morgan fingerprint density at radius 3 is 2.43 bits per heavy atom. The number of nitrogens with one attached hydrogen (secondary N) is 1. The van der Waals surface area contributed by atoms with Gasteiger partial charge in [-0.2, -0.15) is 9.78 Å². The molecule has 0 bridgehead atoms. The molecule has 178 valence electrons. The van der Waals surface area contributed by atoms with Crippen LogP contribution in [0.25, 0.3) is 22.2 Å². The molecule has 0 unspecified atom stereocenters. The number of amides is 1. The number of aliphatic hydroxyl groups excluding tert-OH is 1. The lowest BCUT2D eigenvalue weighted by molar-refractivity contribution is 0.0600. The molecule has 0 aliphatic carbocycles. The molecular formula is C26H22ClN3O5. The van der Waals surface area contributed by atoms with Gasteiger partial charge in [-0.25, -0.2) is 4.79 Å². The van der Waals surface area contributed by atoms with Gasteiger partial charge in [-0.3, -0.25) is 9.59 Å². The van der Waals surface area contributed by atoms with Crippen LogP contribution in [0.2, 0.25) is 5.02 Å². The largest absolute Gasteiger partial charge is 0.465 e. The zero-order valence-corrected chi connectivity index (χ0v) is 19.8. The van der Waals surface area contributed by atoms with Gasteiger partial charge in [0.25, 0.3) is 11.8 Å². The zero-order valence-electron chi connectivity index (χ0n) is 19.0. The summed E-state index contributed by atoms with van der Waals surface area (Å²) in [6.07, 6.45) is 0. The Hall–Kier alpha value is -4.01. The molecule has 8 nitrogen and oxygen atoms in total. The van der Waals surface area contributed by atoms with Gasteiger partial charge in [-0.05, 0) is 48.9 Å². The average Bonchev–Trinajstić information content (AvgIpc) is 3.25. The molecule has 0 radical (unpaired) electrons. The van der Waals surface area contributed by atoms with Gasteiger partial charge in [0.15, 0.2) is 0 Å². The molecule has 4 aromatic rings. The van der Waals surface area contributed by atoms with E-state index in [2.05, 4.69) is 10.4 Å². The normalized spacial score (nSPS) is 10.9. The topological polar surface area (TPSA) is 111 Å². The summed E-state index contributed by atoms with van der Waals surface area (Å²) >= 11 is 6.36. The average molecular weight is 492 g/mol. The molecule has 0 saturated carbocycles. The Bertz CT molecular complexity index is 1420. The maximum atomic E-state index is 13.6. The molecule has 0 aliphatic rings. The minimum absolute atomic E-state index is 0.103. The number of rotatable bonds is 6. The molecular weight excluding hydrogens is 470 g/mol. The van der Waals surface area contributed by atoms with Crippen LogP contribution in [-0.2, 0) is 4.74 Å². The zero-order chi connectivity index (χ0) is 25.1. The number of benzene rings is 3. The van der Waals surface area contributed by atoms with Crippen LogP contribution >= 0.6 is 11.6 Å². The molecule has 1 aromatic heterocycles. The van der Waals surface area contributed by atoms with Crippen molar-refractivity contribution in [1.29, 1.82) is 0 Å². The van der Waals surface area contributed by atoms with E-state index in [-0.39, 0.29) is 19.1 Å². The van der Waals surface area contributed by atoms with E-state index in [1.165, 1.54) is 11.8 Å². The standard InChI is InChI=1S/C26H22ClN3O5/c1-15-4-3-5-20(27)22(15)25(33)30-21-14-18(24(32)28-12-13-31)10-11-19(21)23(29-30)16-6-8-17(9-7-16)26(34)35-2/h3-11,14,31H,12-13H2,1-2H3,(H,28,32). The second-order valence-electron chi connectivity index (χ2n) is 7.78. The number of aliphatic hydroxyl groups is 1. The van der Waals surface area contributed by atoms with Crippen molar-refractivity contribution in [1.82, 2.24) is 15.1 Å². The Morgan fingerprint density at radius 1 is 1.06 bits per heavy atom. The van der Waals surface area contributed by atoms with E-state index in [1.54, 1.807) is 67.6 Å². The molecule has 0 saturated heterocycles. The van der Waals surface area contributed by atoms with Crippen molar-refractivity contribution in [2.24, 2.45) is 0 Å². The molecule has 1 amide bonds. The van der Waals surface area contributed by atoms with Crippen LogP contribution in [0.1, 0.15) is 36.6 Å². The summed E-state index contributed by atoms with van der Waals surface area (Å²) in [5.41, 5.74) is 3.26. The lowest BCUT2D eigenvalue weighted by Gasteiger charge is -2.08. The molecule has 0 atom stereocenters. The minimum Gasteiger partial charge on any atom is -0.465 e. The summed E-state index contributed by atoms with van der Waals surface area (Å²) in [5.74, 6) is -1.29. The molecule has 9 heteroatoms. The van der Waals surface area contributed by atoms with E-state index >= 15 is 0 Å². The van der Waals surface area contributed by atoms with Crippen molar-refractivity contribution in [2.75, 3.05) is 20.3 Å². The Balaban J connectivity index is 1.89. The number of esters is 1. The third-order valence-corrected chi connectivity index (χ3v) is 5.86. The van der Waals surface area contributed by atoms with Gasteiger partial charge < -0.3 is 15.2 Å². The number of fused-ring (bicyclic) bond motifs is 1. The molecule has 35 heavy (non-hydrogen) atoms. The van der Waals surface area contributed by atoms with E-state index in [1.807, 2.05) is 0 Å². The van der Waals surface area contributed by atoms with E-state index in [4.69, 9.17) is 21.4 Å². The van der Waals surface area contributed by atoms with Crippen LogP contribution in [0.3, 0.4) is 0 Å². The number of aromatic nitrogens is 2. The predicted octanol–water partition coefficient (Wildman–Crippen LogP) is 3.86. The number of carbonyl (C=O) groups excluding carboxylic acids is 3. The number of aryl methyl sites for hydroxylation is 1. The predicted molar refractivity (Wildman–Crippen MR) is 132 cm³/mol. The third-order valence-electron chi connectivity index (χ3n) is 5.55. The Kier molecular flexibility index (Phi) is 6.95. The maximum absolute atomic E-state index is 13.6. The molecule has 1 heterocycles. The minimum atomic E-state index is -0.463. The second kappa shape index (κ2) is 10.1. The lowest BCUT2D eigenvalue weighted by atomic mass is 10.0. The van der Waals surface area contributed by atoms with Gasteiger partial charge >= 0.3 is 5.97 Å². The highest BCUT2D eigenvalue weighted by molar-refractivity contribution is 6.34. The van der Waals surface area contributed by atoms with E-state index in [9.17, 15) is 14.4 Å². The molecule has 4 rings (SSSR count). The van der Waals surface area contributed by atoms with E-state index in [0.717, 1.165) is 0 Å². The van der Waals surface area contributed by atoms with Crippen molar-refractivity contribution in [3.05, 3.63) is 87.9 Å². The summed E-state index contributed by atoms with van der Waals surface area (Å²) in [7, 11) is 1.31. The Morgan fingerprint density at radius 2 is 1.77 bits per heavy atom. The van der Waals surface area contributed by atoms with Crippen molar-refractivity contribution in [3.63, 3.8) is 0 Å². The fourth-order valence-corrected chi connectivity index (χ4v) is 4.09. The molecule has 3 aromatic carbocycles. The number of ether oxygens (including phenoxy) is 1. The molecule has 2 N–H and O–H groups in total. The smallest absolute Gasteiger partial charge is 0.337 e. The summed E-state index contributed by atoms with van der Waals surface area (Å²) in [6, 6.07) is 16.7. The Labute approximate surface area is 206 Å². The monoisotopic (exact) mass is 491 g/mol. The number of hydrogen-bond acceptors (Lipinski definition) is 6. The van der Waals surface area contributed by atoms with E-state index < -0.39 is 11.9 Å². The number of hydrogen-bond donors (Lipinski definition) is 2. The van der Waals surface area contributed by atoms with Gasteiger partial charge in [-0.1, -0.05) is 35.9 Å². The summed E-state index contributed by atoms with van der Waals surface area (Å²) < 4.78 is 5.99. The highest BCUT2D eigenvalue weighted by atomic mass is 35.5. The van der Waals surface area contributed by atoms with Crippen LogP contribution in [0, 0.1) is 6.92 Å². The van der Waals surface area contributed by atoms with Gasteiger partial charge in [-0.15, -0.1) is 0 Å². The second-order valence-corrected chi connectivity index (χ2v) is 8.18. The SMILES string of the molecule is COC(=O)c1ccc(-c2nn(C(=O)c3c(C)cccc3Cl)c3cc(C(=O)NCCO)ccc23)cc1. The number of halogens is 1. The number of nitrogens with zero attached hydrogens (tertiary/aromatic N) is 2. The highest BCUT2D eigenvalue weighted by Gasteiger charge is 2.23. The molecule has 0 aliphatic heterocycles. The number of carbonyl (C=O) groups is 3. The van der Waals surface area contributed by atoms with Gasteiger partial charge in [0.05, 0.1) is 35.4 Å². The lowest BCUT2D eigenvalue weighted by Crippen LogP contribution is -2.26. The first-order valence-electron chi connectivity index (χ1n) is 10.8. The fraction of sp³-hybridized carbons (Fsp3) is 0.154. The van der Waals surface area contributed by atoms with Crippen molar-refractivity contribution in [3.8, 4) is 11.3 Å². The first kappa shape index (κ1) is 24.1. The highest BCUT2D eigenvalue weighted by Crippen LogP contribution is 2.31.